The Bertz CT molecular complexity index is 808. The van der Waals surface area contributed by atoms with Crippen molar-refractivity contribution in [1.29, 1.82) is 0 Å². The molecule has 0 spiro atoms. The third-order valence-corrected chi connectivity index (χ3v) is 4.19. The summed E-state index contributed by atoms with van der Waals surface area (Å²) < 4.78 is 19.8. The van der Waals surface area contributed by atoms with Crippen LogP contribution in [0.1, 0.15) is 19.8 Å². The third-order valence-electron chi connectivity index (χ3n) is 4.19. The number of carbonyl (C=O) groups is 2. The Morgan fingerprint density at radius 3 is 2.67 bits per heavy atom. The van der Waals surface area contributed by atoms with Crippen molar-refractivity contribution in [2.24, 2.45) is 0 Å². The van der Waals surface area contributed by atoms with Gasteiger partial charge in [0.05, 0.1) is 11.9 Å². The number of nitrogens with zero attached hydrogens (tertiary/aromatic N) is 2. The molecule has 0 bridgehead atoms. The maximum absolute atomic E-state index is 14.0. The molecule has 0 atom stereocenters. The molecule has 3 rings (SSSR count). The van der Waals surface area contributed by atoms with E-state index in [0.717, 1.165) is 0 Å². The number of nitrogens with one attached hydrogen (secondary N) is 2. The van der Waals surface area contributed by atoms with Gasteiger partial charge in [0, 0.05) is 44.7 Å². The number of amides is 3. The molecule has 142 valence electrons. The minimum atomic E-state index is -0.563. The van der Waals surface area contributed by atoms with E-state index in [1.165, 1.54) is 25.1 Å². The van der Waals surface area contributed by atoms with Crippen LogP contribution in [-0.4, -0.2) is 41.0 Å². The Balaban J connectivity index is 1.54. The lowest BCUT2D eigenvalue weighted by Crippen LogP contribution is -2.43. The van der Waals surface area contributed by atoms with Gasteiger partial charge in [-0.2, -0.15) is 0 Å². The molecule has 8 heteroatoms. The van der Waals surface area contributed by atoms with Crippen LogP contribution >= 0.6 is 0 Å². The van der Waals surface area contributed by atoms with Gasteiger partial charge >= 0.3 is 6.03 Å². The van der Waals surface area contributed by atoms with Gasteiger partial charge in [0.1, 0.15) is 17.7 Å². The van der Waals surface area contributed by atoms with Gasteiger partial charge in [-0.25, -0.2) is 9.18 Å². The van der Waals surface area contributed by atoms with Gasteiger partial charge in [-0.15, -0.1) is 0 Å². The Morgan fingerprint density at radius 2 is 2.00 bits per heavy atom. The smallest absolute Gasteiger partial charge is 0.321 e. The largest absolute Gasteiger partial charge is 0.489 e. The SMILES string of the molecule is CC(=O)Nc1ccc(F)c(NC(=O)N2CCC(Oc3cccnc3)CC2)c1. The van der Waals surface area contributed by atoms with Crippen molar-refractivity contribution in [2.75, 3.05) is 23.7 Å². The summed E-state index contributed by atoms with van der Waals surface area (Å²) in [4.78, 5) is 29.2. The van der Waals surface area contributed by atoms with Gasteiger partial charge in [0.2, 0.25) is 5.91 Å². The molecule has 1 saturated heterocycles. The summed E-state index contributed by atoms with van der Waals surface area (Å²) in [6.45, 7) is 2.37. The first-order valence-corrected chi connectivity index (χ1v) is 8.71. The first kappa shape index (κ1) is 18.6. The number of aromatic nitrogens is 1. The topological polar surface area (TPSA) is 83.6 Å². The van der Waals surface area contributed by atoms with E-state index in [4.69, 9.17) is 4.74 Å². The monoisotopic (exact) mass is 372 g/mol. The number of pyridine rings is 1. The van der Waals surface area contributed by atoms with Crippen LogP contribution in [-0.2, 0) is 4.79 Å². The van der Waals surface area contributed by atoms with Crippen molar-refractivity contribution in [3.63, 3.8) is 0 Å². The Labute approximate surface area is 156 Å². The first-order valence-electron chi connectivity index (χ1n) is 8.71. The number of rotatable bonds is 4. The van der Waals surface area contributed by atoms with E-state index in [1.54, 1.807) is 17.3 Å². The molecule has 2 aromatic rings. The van der Waals surface area contributed by atoms with E-state index in [9.17, 15) is 14.0 Å². The standard InChI is InChI=1S/C19H21FN4O3/c1-13(25)22-14-4-5-17(20)18(11-14)23-19(26)24-9-6-15(7-10-24)27-16-3-2-8-21-12-16/h2-5,8,11-12,15H,6-7,9-10H2,1H3,(H,22,25)(H,23,26). The normalized spacial score (nSPS) is 14.5. The summed E-state index contributed by atoms with van der Waals surface area (Å²) in [7, 11) is 0. The highest BCUT2D eigenvalue weighted by atomic mass is 19.1. The molecule has 0 radical (unpaired) electrons. The van der Waals surface area contributed by atoms with Crippen LogP contribution in [0.2, 0.25) is 0 Å². The lowest BCUT2D eigenvalue weighted by Gasteiger charge is -2.32. The molecular formula is C19H21FN4O3. The highest BCUT2D eigenvalue weighted by Gasteiger charge is 2.24. The fourth-order valence-corrected chi connectivity index (χ4v) is 2.88. The maximum atomic E-state index is 14.0. The molecule has 0 aliphatic carbocycles. The molecule has 7 nitrogen and oxygen atoms in total. The Morgan fingerprint density at radius 1 is 1.22 bits per heavy atom. The quantitative estimate of drug-likeness (QED) is 0.863. The minimum Gasteiger partial charge on any atom is -0.489 e. The van der Waals surface area contributed by atoms with Crippen LogP contribution in [0.15, 0.2) is 42.7 Å². The molecule has 0 unspecified atom stereocenters. The van der Waals surface area contributed by atoms with Crippen LogP contribution in [0.4, 0.5) is 20.6 Å². The van der Waals surface area contributed by atoms with Gasteiger partial charge in [-0.05, 0) is 30.3 Å². The van der Waals surface area contributed by atoms with E-state index < -0.39 is 5.82 Å². The number of likely N-dealkylation sites (tertiary alicyclic amines) is 1. The van der Waals surface area contributed by atoms with Crippen LogP contribution in [0.25, 0.3) is 0 Å². The molecule has 1 fully saturated rings. The number of benzene rings is 1. The second-order valence-electron chi connectivity index (χ2n) is 6.30. The van der Waals surface area contributed by atoms with Gasteiger partial charge in [-0.1, -0.05) is 0 Å². The average Bonchev–Trinajstić information content (AvgIpc) is 2.65. The zero-order valence-corrected chi connectivity index (χ0v) is 14.9. The summed E-state index contributed by atoms with van der Waals surface area (Å²) in [6, 6.07) is 7.31. The number of hydrogen-bond donors (Lipinski definition) is 2. The highest BCUT2D eigenvalue weighted by molar-refractivity contribution is 5.92. The number of ether oxygens (including phenoxy) is 1. The van der Waals surface area contributed by atoms with E-state index in [1.807, 2.05) is 12.1 Å². The van der Waals surface area contributed by atoms with E-state index in [-0.39, 0.29) is 23.7 Å². The summed E-state index contributed by atoms with van der Waals surface area (Å²) in [5, 5.41) is 5.13. The second kappa shape index (κ2) is 8.48. The number of halogens is 1. The molecule has 2 heterocycles. The zero-order valence-electron chi connectivity index (χ0n) is 14.9. The number of anilines is 2. The van der Waals surface area contributed by atoms with Crippen LogP contribution in [0.5, 0.6) is 5.75 Å². The number of carbonyl (C=O) groups excluding carboxylic acids is 2. The molecule has 2 N–H and O–H groups in total. The summed E-state index contributed by atoms with van der Waals surface area (Å²) >= 11 is 0. The number of urea groups is 1. The molecule has 1 aliphatic heterocycles. The molecule has 0 saturated carbocycles. The van der Waals surface area contributed by atoms with Crippen molar-refractivity contribution in [3.8, 4) is 5.75 Å². The molecule has 1 aromatic carbocycles. The van der Waals surface area contributed by atoms with Crippen molar-refractivity contribution in [1.82, 2.24) is 9.88 Å². The highest BCUT2D eigenvalue weighted by Crippen LogP contribution is 2.22. The van der Waals surface area contributed by atoms with Gasteiger partial charge in [-0.3, -0.25) is 9.78 Å². The molecule has 3 amide bonds. The molecule has 1 aromatic heterocycles. The maximum Gasteiger partial charge on any atom is 0.321 e. The van der Waals surface area contributed by atoms with Crippen molar-refractivity contribution >= 4 is 23.3 Å². The fourth-order valence-electron chi connectivity index (χ4n) is 2.88. The Kier molecular flexibility index (Phi) is 5.85. The van der Waals surface area contributed by atoms with Crippen LogP contribution < -0.4 is 15.4 Å². The molecular weight excluding hydrogens is 351 g/mol. The van der Waals surface area contributed by atoms with Crippen molar-refractivity contribution in [3.05, 3.63) is 48.5 Å². The van der Waals surface area contributed by atoms with Crippen molar-refractivity contribution in [2.45, 2.75) is 25.9 Å². The minimum absolute atomic E-state index is 0.0121. The van der Waals surface area contributed by atoms with Gasteiger partial charge < -0.3 is 20.3 Å². The first-order chi connectivity index (χ1) is 13.0. The molecule has 1 aliphatic rings. The van der Waals surface area contributed by atoms with Gasteiger partial charge in [0.15, 0.2) is 0 Å². The lowest BCUT2D eigenvalue weighted by atomic mass is 10.1. The number of piperidine rings is 1. The van der Waals surface area contributed by atoms with E-state index in [2.05, 4.69) is 15.6 Å². The molecule has 27 heavy (non-hydrogen) atoms. The second-order valence-corrected chi connectivity index (χ2v) is 6.30. The van der Waals surface area contributed by atoms with E-state index >= 15 is 0 Å². The summed E-state index contributed by atoms with van der Waals surface area (Å²) in [5.74, 6) is -0.126. The fraction of sp³-hybridized carbons (Fsp3) is 0.316. The number of hydrogen-bond acceptors (Lipinski definition) is 4. The van der Waals surface area contributed by atoms with E-state index in [0.29, 0.717) is 37.4 Å². The van der Waals surface area contributed by atoms with Crippen LogP contribution in [0, 0.1) is 5.82 Å². The van der Waals surface area contributed by atoms with Gasteiger partial charge in [0.25, 0.3) is 0 Å². The summed E-state index contributed by atoms with van der Waals surface area (Å²) in [6.07, 6.45) is 4.70. The predicted molar refractivity (Wildman–Crippen MR) is 99.2 cm³/mol. The average molecular weight is 372 g/mol. The lowest BCUT2D eigenvalue weighted by molar-refractivity contribution is -0.114. The predicted octanol–water partition coefficient (Wildman–Crippen LogP) is 3.25. The Hall–Kier alpha value is -3.16. The van der Waals surface area contributed by atoms with Crippen LogP contribution in [0.3, 0.4) is 0 Å². The summed E-state index contributed by atoms with van der Waals surface area (Å²) in [5.41, 5.74) is 0.447. The zero-order chi connectivity index (χ0) is 19.2. The third kappa shape index (κ3) is 5.16. The van der Waals surface area contributed by atoms with Crippen molar-refractivity contribution < 1.29 is 18.7 Å².